The molecule has 6 heteroatoms. The molecule has 1 aromatic carbocycles. The molecule has 5 nitrogen and oxygen atoms in total. The van der Waals surface area contributed by atoms with Crippen LogP contribution >= 0.6 is 0 Å². The van der Waals surface area contributed by atoms with Crippen molar-refractivity contribution < 1.29 is 13.2 Å². The van der Waals surface area contributed by atoms with Crippen LogP contribution in [0.4, 0.5) is 4.79 Å². The van der Waals surface area contributed by atoms with E-state index in [1.54, 1.807) is 4.90 Å². The van der Waals surface area contributed by atoms with Crippen LogP contribution in [-0.2, 0) is 16.3 Å². The van der Waals surface area contributed by atoms with Crippen molar-refractivity contribution >= 4 is 15.9 Å². The minimum atomic E-state index is -2.99. The number of hydrogen-bond donors (Lipinski definition) is 1. The van der Waals surface area contributed by atoms with Crippen LogP contribution in [0.5, 0.6) is 0 Å². The Hall–Kier alpha value is -1.56. The van der Waals surface area contributed by atoms with E-state index in [9.17, 15) is 13.2 Å². The van der Waals surface area contributed by atoms with E-state index in [2.05, 4.69) is 5.32 Å². The summed E-state index contributed by atoms with van der Waals surface area (Å²) in [5, 5.41) is 2.59. The van der Waals surface area contributed by atoms with E-state index in [-0.39, 0.29) is 11.3 Å². The van der Waals surface area contributed by atoms with Crippen molar-refractivity contribution in [3.05, 3.63) is 35.9 Å². The lowest BCUT2D eigenvalue weighted by Gasteiger charge is -2.31. The van der Waals surface area contributed by atoms with Gasteiger partial charge in [-0.15, -0.1) is 0 Å². The molecule has 0 radical (unpaired) electrons. The van der Waals surface area contributed by atoms with E-state index >= 15 is 0 Å². The van der Waals surface area contributed by atoms with Crippen molar-refractivity contribution in [3.63, 3.8) is 0 Å². The molecule has 0 spiro atoms. The molecule has 2 amide bonds. The Balaban J connectivity index is 1.73. The van der Waals surface area contributed by atoms with Gasteiger partial charge in [-0.25, -0.2) is 13.2 Å². The van der Waals surface area contributed by atoms with Crippen LogP contribution < -0.4 is 5.32 Å². The van der Waals surface area contributed by atoms with E-state index in [0.29, 0.717) is 32.5 Å². The van der Waals surface area contributed by atoms with Crippen LogP contribution in [0, 0.1) is 0 Å². The summed E-state index contributed by atoms with van der Waals surface area (Å²) in [7, 11) is -2.99. The highest BCUT2D eigenvalue weighted by atomic mass is 32.2. The molecule has 2 rings (SSSR count). The molecule has 1 fully saturated rings. The van der Waals surface area contributed by atoms with E-state index in [4.69, 9.17) is 0 Å². The second kappa shape index (κ2) is 6.93. The maximum atomic E-state index is 12.0. The summed E-state index contributed by atoms with van der Waals surface area (Å²) in [4.78, 5) is 13.7. The van der Waals surface area contributed by atoms with Crippen molar-refractivity contribution in [1.82, 2.24) is 10.2 Å². The number of sulfone groups is 1. The summed E-state index contributed by atoms with van der Waals surface area (Å²) < 4.78 is 22.9. The van der Waals surface area contributed by atoms with Crippen LogP contribution in [-0.4, -0.2) is 50.5 Å². The Morgan fingerprint density at radius 1 is 1.24 bits per heavy atom. The zero-order valence-corrected chi connectivity index (χ0v) is 13.1. The zero-order chi connectivity index (χ0) is 15.3. The second-order valence-corrected chi connectivity index (χ2v) is 7.81. The van der Waals surface area contributed by atoms with Gasteiger partial charge in [-0.1, -0.05) is 30.3 Å². The Morgan fingerprint density at radius 3 is 2.43 bits per heavy atom. The standard InChI is InChI=1S/C15H22N2O3S/c1-21(19,20)14-8-11-17(12-9-14)15(18)16-10-7-13-5-3-2-4-6-13/h2-6,14H,7-12H2,1H3,(H,16,18). The molecule has 0 aromatic heterocycles. The fraction of sp³-hybridized carbons (Fsp3) is 0.533. The number of amides is 2. The highest BCUT2D eigenvalue weighted by molar-refractivity contribution is 7.91. The van der Waals surface area contributed by atoms with Gasteiger partial charge in [-0.2, -0.15) is 0 Å². The number of nitrogens with one attached hydrogen (secondary N) is 1. The van der Waals surface area contributed by atoms with Gasteiger partial charge in [0.2, 0.25) is 0 Å². The van der Waals surface area contributed by atoms with Crippen molar-refractivity contribution in [1.29, 1.82) is 0 Å². The first-order chi connectivity index (χ1) is 9.97. The number of nitrogens with zero attached hydrogens (tertiary/aromatic N) is 1. The monoisotopic (exact) mass is 310 g/mol. The first-order valence-corrected chi connectivity index (χ1v) is 9.18. The Morgan fingerprint density at radius 2 is 1.86 bits per heavy atom. The van der Waals surface area contributed by atoms with Crippen LogP contribution in [0.2, 0.25) is 0 Å². The Kier molecular flexibility index (Phi) is 5.22. The Labute approximate surface area is 126 Å². The number of benzene rings is 1. The largest absolute Gasteiger partial charge is 0.338 e. The van der Waals surface area contributed by atoms with E-state index < -0.39 is 9.84 Å². The van der Waals surface area contributed by atoms with Crippen LogP contribution in [0.25, 0.3) is 0 Å². The summed E-state index contributed by atoms with van der Waals surface area (Å²) in [5.41, 5.74) is 1.19. The molecule has 21 heavy (non-hydrogen) atoms. The molecule has 1 aromatic rings. The van der Waals surface area contributed by atoms with E-state index in [1.165, 1.54) is 11.8 Å². The summed E-state index contributed by atoms with van der Waals surface area (Å²) in [6.07, 6.45) is 3.13. The number of urea groups is 1. The number of piperidine rings is 1. The summed E-state index contributed by atoms with van der Waals surface area (Å²) in [5.74, 6) is 0. The normalized spacial score (nSPS) is 16.7. The quantitative estimate of drug-likeness (QED) is 0.915. The number of carbonyl (C=O) groups is 1. The maximum absolute atomic E-state index is 12.0. The highest BCUT2D eigenvalue weighted by Crippen LogP contribution is 2.16. The molecule has 1 N–H and O–H groups in total. The molecule has 0 aliphatic carbocycles. The third kappa shape index (κ3) is 4.74. The number of likely N-dealkylation sites (tertiary alicyclic amines) is 1. The smallest absolute Gasteiger partial charge is 0.317 e. The lowest BCUT2D eigenvalue weighted by atomic mass is 10.1. The molecular formula is C15H22N2O3S. The third-order valence-electron chi connectivity index (χ3n) is 3.87. The molecule has 116 valence electrons. The minimum Gasteiger partial charge on any atom is -0.338 e. The van der Waals surface area contributed by atoms with Crippen molar-refractivity contribution in [2.75, 3.05) is 25.9 Å². The lowest BCUT2D eigenvalue weighted by Crippen LogP contribution is -2.47. The first kappa shape index (κ1) is 15.8. The van der Waals surface area contributed by atoms with Crippen molar-refractivity contribution in [3.8, 4) is 0 Å². The zero-order valence-electron chi connectivity index (χ0n) is 12.3. The molecule has 0 unspecified atom stereocenters. The molecule has 0 saturated carbocycles. The SMILES string of the molecule is CS(=O)(=O)C1CCN(C(=O)NCCc2ccccc2)CC1. The molecule has 0 atom stereocenters. The number of carbonyl (C=O) groups excluding carboxylic acids is 1. The third-order valence-corrected chi connectivity index (χ3v) is 5.55. The van der Waals surface area contributed by atoms with Gasteiger partial charge in [0.15, 0.2) is 0 Å². The Bertz CT molecular complexity index is 564. The van der Waals surface area contributed by atoms with Crippen molar-refractivity contribution in [2.45, 2.75) is 24.5 Å². The van der Waals surface area contributed by atoms with Gasteiger partial charge in [-0.3, -0.25) is 0 Å². The topological polar surface area (TPSA) is 66.5 Å². The number of rotatable bonds is 4. The fourth-order valence-corrected chi connectivity index (χ4v) is 3.62. The maximum Gasteiger partial charge on any atom is 0.317 e. The highest BCUT2D eigenvalue weighted by Gasteiger charge is 2.28. The van der Waals surface area contributed by atoms with Gasteiger partial charge in [-0.05, 0) is 24.8 Å². The van der Waals surface area contributed by atoms with Crippen LogP contribution in [0.15, 0.2) is 30.3 Å². The summed E-state index contributed by atoms with van der Waals surface area (Å²) in [6, 6.07) is 9.89. The minimum absolute atomic E-state index is 0.0992. The number of hydrogen-bond acceptors (Lipinski definition) is 3. The average molecular weight is 310 g/mol. The molecule has 1 heterocycles. The average Bonchev–Trinajstić information content (AvgIpc) is 2.47. The van der Waals surface area contributed by atoms with E-state index in [1.807, 2.05) is 30.3 Å². The fourth-order valence-electron chi connectivity index (χ4n) is 2.56. The molecule has 1 aliphatic rings. The van der Waals surface area contributed by atoms with Gasteiger partial charge in [0, 0.05) is 25.9 Å². The van der Waals surface area contributed by atoms with Gasteiger partial charge < -0.3 is 10.2 Å². The second-order valence-electron chi connectivity index (χ2n) is 5.48. The van der Waals surface area contributed by atoms with Crippen LogP contribution in [0.1, 0.15) is 18.4 Å². The predicted octanol–water partition coefficient (Wildman–Crippen LogP) is 1.45. The van der Waals surface area contributed by atoms with Gasteiger partial charge in [0.25, 0.3) is 0 Å². The van der Waals surface area contributed by atoms with Gasteiger partial charge in [0.05, 0.1) is 5.25 Å². The summed E-state index contributed by atoms with van der Waals surface area (Å²) >= 11 is 0. The van der Waals surface area contributed by atoms with E-state index in [0.717, 1.165) is 6.42 Å². The van der Waals surface area contributed by atoms with Gasteiger partial charge in [0.1, 0.15) is 9.84 Å². The summed E-state index contributed by atoms with van der Waals surface area (Å²) in [6.45, 7) is 1.61. The molecule has 1 aliphatic heterocycles. The van der Waals surface area contributed by atoms with Crippen molar-refractivity contribution in [2.24, 2.45) is 0 Å². The first-order valence-electron chi connectivity index (χ1n) is 7.22. The molecular weight excluding hydrogens is 288 g/mol. The van der Waals surface area contributed by atoms with Crippen LogP contribution in [0.3, 0.4) is 0 Å². The van der Waals surface area contributed by atoms with Gasteiger partial charge >= 0.3 is 6.03 Å². The molecule has 0 bridgehead atoms. The lowest BCUT2D eigenvalue weighted by molar-refractivity contribution is 0.187. The predicted molar refractivity (Wildman–Crippen MR) is 83.0 cm³/mol. The molecule has 1 saturated heterocycles.